The van der Waals surface area contributed by atoms with Gasteiger partial charge in [-0.15, -0.1) is 0 Å². The lowest BCUT2D eigenvalue weighted by molar-refractivity contribution is -0.127. The van der Waals surface area contributed by atoms with E-state index >= 15 is 0 Å². The summed E-state index contributed by atoms with van der Waals surface area (Å²) in [6.45, 7) is 12.0. The van der Waals surface area contributed by atoms with Crippen LogP contribution in [-0.4, -0.2) is 42.5 Å². The molecule has 4 heteroatoms. The monoisotopic (exact) mass is 297 g/mol. The predicted octanol–water partition coefficient (Wildman–Crippen LogP) is 2.38. The van der Waals surface area contributed by atoms with Gasteiger partial charge in [0.05, 0.1) is 5.92 Å². The molecule has 1 amide bonds. The molecular formula is C17H35N3O. The zero-order valence-electron chi connectivity index (χ0n) is 14.4. The fourth-order valence-corrected chi connectivity index (χ4v) is 3.33. The second kappa shape index (κ2) is 9.42. The minimum Gasteiger partial charge on any atom is -0.353 e. The second-order valence-electron chi connectivity index (χ2n) is 6.67. The lowest BCUT2D eigenvalue weighted by atomic mass is 9.77. The summed E-state index contributed by atoms with van der Waals surface area (Å²) in [6.07, 6.45) is 5.41. The molecule has 1 fully saturated rings. The van der Waals surface area contributed by atoms with Gasteiger partial charge in [0.25, 0.3) is 0 Å². The molecule has 1 aliphatic carbocycles. The van der Waals surface area contributed by atoms with Crippen molar-refractivity contribution in [3.05, 3.63) is 0 Å². The molecule has 0 radical (unpaired) electrons. The Morgan fingerprint density at radius 1 is 1.33 bits per heavy atom. The van der Waals surface area contributed by atoms with Crippen LogP contribution < -0.4 is 11.1 Å². The number of rotatable bonds is 8. The molecule has 4 atom stereocenters. The van der Waals surface area contributed by atoms with Crippen molar-refractivity contribution in [2.75, 3.05) is 19.6 Å². The van der Waals surface area contributed by atoms with Crippen molar-refractivity contribution in [3.63, 3.8) is 0 Å². The van der Waals surface area contributed by atoms with Gasteiger partial charge < -0.3 is 16.0 Å². The number of amides is 1. The van der Waals surface area contributed by atoms with Gasteiger partial charge in [0.1, 0.15) is 0 Å². The molecule has 0 aliphatic heterocycles. The molecule has 0 spiro atoms. The summed E-state index contributed by atoms with van der Waals surface area (Å²) in [6, 6.07) is 0.277. The Morgan fingerprint density at radius 2 is 2.00 bits per heavy atom. The van der Waals surface area contributed by atoms with Crippen molar-refractivity contribution in [2.45, 2.75) is 71.9 Å². The Kier molecular flexibility index (Phi) is 8.27. The van der Waals surface area contributed by atoms with Crippen molar-refractivity contribution in [1.82, 2.24) is 10.2 Å². The van der Waals surface area contributed by atoms with Crippen LogP contribution in [0.15, 0.2) is 0 Å². The van der Waals surface area contributed by atoms with Gasteiger partial charge in [-0.25, -0.2) is 0 Å². The third kappa shape index (κ3) is 5.95. The van der Waals surface area contributed by atoms with E-state index in [2.05, 4.69) is 37.9 Å². The summed E-state index contributed by atoms with van der Waals surface area (Å²) in [5, 5.41) is 3.17. The number of carbonyl (C=O) groups excluding carboxylic acids is 1. The molecule has 0 saturated heterocycles. The van der Waals surface area contributed by atoms with E-state index in [9.17, 15) is 4.79 Å². The predicted molar refractivity (Wildman–Crippen MR) is 89.1 cm³/mol. The number of nitrogens with zero attached hydrogens (tertiary/aromatic N) is 1. The van der Waals surface area contributed by atoms with Crippen molar-refractivity contribution < 1.29 is 4.79 Å². The minimum absolute atomic E-state index is 0.0129. The van der Waals surface area contributed by atoms with Crippen molar-refractivity contribution >= 4 is 5.91 Å². The van der Waals surface area contributed by atoms with Crippen LogP contribution in [-0.2, 0) is 4.79 Å². The van der Waals surface area contributed by atoms with E-state index in [1.807, 2.05) is 0 Å². The Labute approximate surface area is 130 Å². The van der Waals surface area contributed by atoms with E-state index in [0.29, 0.717) is 5.92 Å². The van der Waals surface area contributed by atoms with Gasteiger partial charge in [-0.1, -0.05) is 27.2 Å². The average Bonchev–Trinajstić information content (AvgIpc) is 2.46. The van der Waals surface area contributed by atoms with E-state index in [4.69, 9.17) is 5.73 Å². The Bertz CT molecular complexity index is 304. The number of nitrogens with one attached hydrogen (secondary N) is 1. The fourth-order valence-electron chi connectivity index (χ4n) is 3.33. The summed E-state index contributed by atoms with van der Waals surface area (Å²) in [4.78, 5) is 14.8. The lowest BCUT2D eigenvalue weighted by Gasteiger charge is -2.33. The third-order valence-electron chi connectivity index (χ3n) is 5.03. The van der Waals surface area contributed by atoms with Crippen molar-refractivity contribution in [2.24, 2.45) is 17.6 Å². The number of carbonyl (C=O) groups is 1. The fraction of sp³-hybridized carbons (Fsp3) is 0.941. The van der Waals surface area contributed by atoms with Crippen LogP contribution >= 0.6 is 0 Å². The van der Waals surface area contributed by atoms with Gasteiger partial charge in [-0.2, -0.15) is 0 Å². The van der Waals surface area contributed by atoms with Gasteiger partial charge in [0, 0.05) is 12.1 Å². The highest BCUT2D eigenvalue weighted by Gasteiger charge is 2.33. The highest BCUT2D eigenvalue weighted by molar-refractivity contribution is 5.79. The third-order valence-corrected chi connectivity index (χ3v) is 5.03. The van der Waals surface area contributed by atoms with Gasteiger partial charge in [-0.3, -0.25) is 4.79 Å². The molecular weight excluding hydrogens is 262 g/mol. The maximum absolute atomic E-state index is 12.4. The maximum Gasteiger partial charge on any atom is 0.224 e. The van der Waals surface area contributed by atoms with Crippen LogP contribution in [0.2, 0.25) is 0 Å². The van der Waals surface area contributed by atoms with E-state index in [1.165, 1.54) is 0 Å². The number of hydrogen-bond donors (Lipinski definition) is 2. The first kappa shape index (κ1) is 18.4. The SMILES string of the molecule is CCN(CC)CCCC(C)NC(=O)C1CCCC(C)C1N. The van der Waals surface area contributed by atoms with E-state index in [-0.39, 0.29) is 23.9 Å². The van der Waals surface area contributed by atoms with Gasteiger partial charge in [0.2, 0.25) is 5.91 Å². The van der Waals surface area contributed by atoms with Crippen LogP contribution in [0.25, 0.3) is 0 Å². The van der Waals surface area contributed by atoms with Crippen LogP contribution in [0.1, 0.15) is 59.8 Å². The number of nitrogens with two attached hydrogens (primary N) is 1. The lowest BCUT2D eigenvalue weighted by Crippen LogP contribution is -2.49. The largest absolute Gasteiger partial charge is 0.353 e. The molecule has 4 nitrogen and oxygen atoms in total. The zero-order valence-corrected chi connectivity index (χ0v) is 14.4. The normalized spacial score (nSPS) is 27.6. The van der Waals surface area contributed by atoms with Gasteiger partial charge in [0.15, 0.2) is 0 Å². The topological polar surface area (TPSA) is 58.4 Å². The summed E-state index contributed by atoms with van der Waals surface area (Å²) in [5.41, 5.74) is 6.21. The smallest absolute Gasteiger partial charge is 0.224 e. The molecule has 0 bridgehead atoms. The summed E-state index contributed by atoms with van der Waals surface area (Å²) >= 11 is 0. The van der Waals surface area contributed by atoms with Crippen LogP contribution in [0.4, 0.5) is 0 Å². The molecule has 1 aliphatic rings. The standard InChI is InChI=1S/C17H35N3O/c1-5-20(6-2)12-8-10-14(4)19-17(21)15-11-7-9-13(3)16(15)18/h13-16H,5-12,18H2,1-4H3,(H,19,21). The molecule has 1 saturated carbocycles. The Hall–Kier alpha value is -0.610. The Balaban J connectivity index is 2.30. The molecule has 4 unspecified atom stereocenters. The summed E-state index contributed by atoms with van der Waals surface area (Å²) < 4.78 is 0. The zero-order chi connectivity index (χ0) is 15.8. The first-order valence-electron chi connectivity index (χ1n) is 8.77. The van der Waals surface area contributed by atoms with Crippen molar-refractivity contribution in [1.29, 1.82) is 0 Å². The molecule has 3 N–H and O–H groups in total. The molecule has 124 valence electrons. The molecule has 0 heterocycles. The van der Waals surface area contributed by atoms with E-state index in [0.717, 1.165) is 51.7 Å². The first-order chi connectivity index (χ1) is 9.99. The molecule has 21 heavy (non-hydrogen) atoms. The molecule has 1 rings (SSSR count). The van der Waals surface area contributed by atoms with Gasteiger partial charge in [-0.05, 0) is 58.2 Å². The van der Waals surface area contributed by atoms with Crippen molar-refractivity contribution in [3.8, 4) is 0 Å². The second-order valence-corrected chi connectivity index (χ2v) is 6.67. The maximum atomic E-state index is 12.4. The van der Waals surface area contributed by atoms with Crippen LogP contribution in [0, 0.1) is 11.8 Å². The molecule has 0 aromatic carbocycles. The summed E-state index contributed by atoms with van der Waals surface area (Å²) in [7, 11) is 0. The Morgan fingerprint density at radius 3 is 2.62 bits per heavy atom. The van der Waals surface area contributed by atoms with Crippen LogP contribution in [0.5, 0.6) is 0 Å². The van der Waals surface area contributed by atoms with E-state index < -0.39 is 0 Å². The number of hydrogen-bond acceptors (Lipinski definition) is 3. The summed E-state index contributed by atoms with van der Waals surface area (Å²) in [5.74, 6) is 0.649. The highest BCUT2D eigenvalue weighted by Crippen LogP contribution is 2.28. The van der Waals surface area contributed by atoms with Gasteiger partial charge >= 0.3 is 0 Å². The molecule has 0 aromatic rings. The molecule has 0 aromatic heterocycles. The minimum atomic E-state index is 0.0129. The van der Waals surface area contributed by atoms with E-state index in [1.54, 1.807) is 0 Å². The average molecular weight is 297 g/mol. The quantitative estimate of drug-likeness (QED) is 0.723. The van der Waals surface area contributed by atoms with Crippen LogP contribution in [0.3, 0.4) is 0 Å². The highest BCUT2D eigenvalue weighted by atomic mass is 16.2. The first-order valence-corrected chi connectivity index (χ1v) is 8.77.